The fraction of sp³-hybridized carbons (Fsp3) is 0.0526. The molecule has 2 aromatic carbocycles. The van der Waals surface area contributed by atoms with Crippen LogP contribution in [0.4, 0.5) is 5.69 Å². The normalized spacial score (nSPS) is 10.6. The van der Waals surface area contributed by atoms with Gasteiger partial charge < -0.3 is 5.32 Å². The van der Waals surface area contributed by atoms with Gasteiger partial charge in [-0.3, -0.25) is 15.0 Å². The number of H-pyrrole nitrogens is 2. The van der Waals surface area contributed by atoms with Crippen LogP contribution >= 0.6 is 0 Å². The molecule has 0 bridgehead atoms. The van der Waals surface area contributed by atoms with Gasteiger partial charge in [-0.1, -0.05) is 30.3 Å². The monoisotopic (exact) mass is 344 g/mol. The van der Waals surface area contributed by atoms with Crippen LogP contribution in [0, 0.1) is 0 Å². The fourth-order valence-corrected chi connectivity index (χ4v) is 2.58. The van der Waals surface area contributed by atoms with Gasteiger partial charge in [0.05, 0.1) is 6.42 Å². The topological polar surface area (TPSA) is 99.3 Å². The van der Waals surface area contributed by atoms with E-state index in [4.69, 9.17) is 0 Å². The predicted molar refractivity (Wildman–Crippen MR) is 98.2 cm³/mol. The van der Waals surface area contributed by atoms with Gasteiger partial charge in [0.2, 0.25) is 5.91 Å². The molecule has 0 saturated carbocycles. The quantitative estimate of drug-likeness (QED) is 0.518. The molecule has 0 unspecified atom stereocenters. The minimum atomic E-state index is -0.104. The first-order chi connectivity index (χ1) is 12.8. The Morgan fingerprint density at radius 3 is 2.46 bits per heavy atom. The summed E-state index contributed by atoms with van der Waals surface area (Å²) in [5.74, 6) is 1.23. The number of nitrogens with zero attached hydrogens (tertiary/aromatic N) is 3. The van der Waals surface area contributed by atoms with Crippen molar-refractivity contribution in [2.45, 2.75) is 6.42 Å². The lowest BCUT2D eigenvalue weighted by molar-refractivity contribution is -0.115. The molecule has 26 heavy (non-hydrogen) atoms. The van der Waals surface area contributed by atoms with Crippen LogP contribution in [-0.4, -0.2) is 31.3 Å². The number of amides is 1. The van der Waals surface area contributed by atoms with Crippen LogP contribution in [0.5, 0.6) is 0 Å². The van der Waals surface area contributed by atoms with Gasteiger partial charge in [-0.25, -0.2) is 4.98 Å². The smallest absolute Gasteiger partial charge is 0.230 e. The first kappa shape index (κ1) is 15.8. The van der Waals surface area contributed by atoms with Crippen molar-refractivity contribution in [2.75, 3.05) is 5.32 Å². The number of anilines is 1. The molecule has 7 heteroatoms. The summed E-state index contributed by atoms with van der Waals surface area (Å²) in [6, 6.07) is 19.0. The second-order valence-electron chi connectivity index (χ2n) is 5.76. The zero-order chi connectivity index (χ0) is 17.8. The maximum atomic E-state index is 12.0. The van der Waals surface area contributed by atoms with Gasteiger partial charge in [-0.05, 0) is 30.3 Å². The maximum absolute atomic E-state index is 12.0. The van der Waals surface area contributed by atoms with E-state index in [1.807, 2.05) is 54.6 Å². The molecule has 2 heterocycles. The van der Waals surface area contributed by atoms with Gasteiger partial charge in [0.1, 0.15) is 0 Å². The SMILES string of the molecule is O=C(Cc1ccn[nH]1)Nc1ccc(-c2nc(-c3ccccc3)n[nH]2)cc1. The number of carbonyl (C=O) groups is 1. The van der Waals surface area contributed by atoms with Crippen molar-refractivity contribution in [3.63, 3.8) is 0 Å². The molecule has 0 radical (unpaired) electrons. The minimum absolute atomic E-state index is 0.104. The summed E-state index contributed by atoms with van der Waals surface area (Å²) < 4.78 is 0. The molecule has 4 aromatic rings. The average Bonchev–Trinajstić information content (AvgIpc) is 3.35. The van der Waals surface area contributed by atoms with E-state index in [0.29, 0.717) is 11.6 Å². The summed E-state index contributed by atoms with van der Waals surface area (Å²) >= 11 is 0. The van der Waals surface area contributed by atoms with Crippen molar-refractivity contribution in [1.29, 1.82) is 0 Å². The van der Waals surface area contributed by atoms with E-state index in [9.17, 15) is 4.79 Å². The van der Waals surface area contributed by atoms with Crippen LogP contribution in [0.25, 0.3) is 22.8 Å². The number of benzene rings is 2. The Hall–Kier alpha value is -3.74. The summed E-state index contributed by atoms with van der Waals surface area (Å²) in [4.78, 5) is 16.5. The summed E-state index contributed by atoms with van der Waals surface area (Å²) in [5.41, 5.74) is 3.35. The molecular weight excluding hydrogens is 328 g/mol. The van der Waals surface area contributed by atoms with E-state index in [2.05, 4.69) is 30.7 Å². The molecule has 0 saturated heterocycles. The highest BCUT2D eigenvalue weighted by Crippen LogP contribution is 2.21. The molecule has 3 N–H and O–H groups in total. The van der Waals surface area contributed by atoms with Crippen molar-refractivity contribution < 1.29 is 4.79 Å². The molecule has 2 aromatic heterocycles. The molecule has 0 atom stereocenters. The summed E-state index contributed by atoms with van der Waals surface area (Å²) in [7, 11) is 0. The van der Waals surface area contributed by atoms with Crippen LogP contribution < -0.4 is 5.32 Å². The standard InChI is InChI=1S/C19H16N6O/c26-17(12-16-10-11-20-23-16)21-15-8-6-14(7-9-15)19-22-18(24-25-19)13-4-2-1-3-5-13/h1-11H,12H2,(H,20,23)(H,21,26)(H,22,24,25). The van der Waals surface area contributed by atoms with Gasteiger partial charge in [-0.15, -0.1) is 0 Å². The Morgan fingerprint density at radius 2 is 1.73 bits per heavy atom. The highest BCUT2D eigenvalue weighted by atomic mass is 16.1. The van der Waals surface area contributed by atoms with E-state index < -0.39 is 0 Å². The number of nitrogens with one attached hydrogen (secondary N) is 3. The number of aromatic amines is 2. The van der Waals surface area contributed by atoms with Crippen LogP contribution in [0.1, 0.15) is 5.69 Å². The van der Waals surface area contributed by atoms with E-state index in [1.165, 1.54) is 0 Å². The first-order valence-corrected chi connectivity index (χ1v) is 8.14. The third kappa shape index (κ3) is 3.51. The number of aromatic nitrogens is 5. The zero-order valence-electron chi connectivity index (χ0n) is 13.8. The van der Waals surface area contributed by atoms with Gasteiger partial charge in [-0.2, -0.15) is 10.2 Å². The zero-order valence-corrected chi connectivity index (χ0v) is 13.8. The van der Waals surface area contributed by atoms with Crippen LogP contribution in [0.3, 0.4) is 0 Å². The Morgan fingerprint density at radius 1 is 0.923 bits per heavy atom. The summed E-state index contributed by atoms with van der Waals surface area (Å²) in [6.45, 7) is 0. The molecule has 128 valence electrons. The first-order valence-electron chi connectivity index (χ1n) is 8.14. The van der Waals surface area contributed by atoms with E-state index in [-0.39, 0.29) is 12.3 Å². The molecule has 0 aliphatic heterocycles. The fourth-order valence-electron chi connectivity index (χ4n) is 2.58. The number of hydrogen-bond donors (Lipinski definition) is 3. The van der Waals surface area contributed by atoms with Crippen molar-refractivity contribution in [1.82, 2.24) is 25.4 Å². The Kier molecular flexibility index (Phi) is 4.26. The lowest BCUT2D eigenvalue weighted by Crippen LogP contribution is -2.14. The predicted octanol–water partition coefficient (Wildman–Crippen LogP) is 3.04. The number of carbonyl (C=O) groups excluding carboxylic acids is 1. The number of hydrogen-bond acceptors (Lipinski definition) is 4. The van der Waals surface area contributed by atoms with Gasteiger partial charge in [0, 0.05) is 28.7 Å². The second-order valence-corrected chi connectivity index (χ2v) is 5.76. The maximum Gasteiger partial charge on any atom is 0.230 e. The third-order valence-corrected chi connectivity index (χ3v) is 3.87. The van der Waals surface area contributed by atoms with Gasteiger partial charge in [0.25, 0.3) is 0 Å². The lowest BCUT2D eigenvalue weighted by atomic mass is 10.2. The average molecular weight is 344 g/mol. The number of rotatable bonds is 5. The van der Waals surface area contributed by atoms with Gasteiger partial charge in [0.15, 0.2) is 11.6 Å². The Labute approximate surface area is 149 Å². The molecule has 4 rings (SSSR count). The van der Waals surface area contributed by atoms with Crippen molar-refractivity contribution in [2.24, 2.45) is 0 Å². The largest absolute Gasteiger partial charge is 0.326 e. The van der Waals surface area contributed by atoms with Gasteiger partial charge >= 0.3 is 0 Å². The Bertz CT molecular complexity index is 990. The second kappa shape index (κ2) is 7.02. The van der Waals surface area contributed by atoms with E-state index in [0.717, 1.165) is 22.5 Å². The molecule has 0 fully saturated rings. The van der Waals surface area contributed by atoms with E-state index >= 15 is 0 Å². The summed E-state index contributed by atoms with van der Waals surface area (Å²) in [5, 5.41) is 16.7. The lowest BCUT2D eigenvalue weighted by Gasteiger charge is -2.05. The van der Waals surface area contributed by atoms with Crippen LogP contribution in [0.2, 0.25) is 0 Å². The highest BCUT2D eigenvalue weighted by Gasteiger charge is 2.09. The van der Waals surface area contributed by atoms with Crippen molar-refractivity contribution >= 4 is 11.6 Å². The molecule has 7 nitrogen and oxygen atoms in total. The molecule has 1 amide bonds. The third-order valence-electron chi connectivity index (χ3n) is 3.87. The molecular formula is C19H16N6O. The van der Waals surface area contributed by atoms with E-state index in [1.54, 1.807) is 12.3 Å². The molecule has 0 spiro atoms. The molecule has 0 aliphatic carbocycles. The van der Waals surface area contributed by atoms with Crippen molar-refractivity contribution in [3.8, 4) is 22.8 Å². The highest BCUT2D eigenvalue weighted by molar-refractivity contribution is 5.92. The summed E-state index contributed by atoms with van der Waals surface area (Å²) in [6.07, 6.45) is 1.88. The van der Waals surface area contributed by atoms with Crippen molar-refractivity contribution in [3.05, 3.63) is 72.6 Å². The minimum Gasteiger partial charge on any atom is -0.326 e. The van der Waals surface area contributed by atoms with Crippen LogP contribution in [-0.2, 0) is 11.2 Å². The van der Waals surface area contributed by atoms with Crippen LogP contribution in [0.15, 0.2) is 66.9 Å². The molecule has 0 aliphatic rings. The Balaban J connectivity index is 1.44.